The number of fused-ring (bicyclic) bond motifs is 3. The topological polar surface area (TPSA) is 75.3 Å². The van der Waals surface area contributed by atoms with Crippen LogP contribution in [0.15, 0.2) is 72.8 Å². The number of benzene rings is 3. The van der Waals surface area contributed by atoms with Crippen molar-refractivity contribution in [2.75, 3.05) is 10.6 Å². The Labute approximate surface area is 187 Å². The van der Waals surface area contributed by atoms with Gasteiger partial charge < -0.3 is 10.6 Å². The van der Waals surface area contributed by atoms with Gasteiger partial charge in [-0.2, -0.15) is 0 Å². The van der Waals surface area contributed by atoms with Crippen LogP contribution >= 0.6 is 0 Å². The number of nitrogens with one attached hydrogen (secondary N) is 2. The number of rotatable bonds is 0. The zero-order valence-electron chi connectivity index (χ0n) is 17.9. The highest BCUT2D eigenvalue weighted by molar-refractivity contribution is 5.99. The lowest BCUT2D eigenvalue weighted by molar-refractivity contribution is -0.116. The molecular weight excluding hydrogens is 400 g/mol. The third kappa shape index (κ3) is 5.30. The molecule has 162 valence electrons. The predicted octanol–water partition coefficient (Wildman–Crippen LogP) is 4.96. The lowest BCUT2D eigenvalue weighted by Crippen LogP contribution is -2.18. The monoisotopic (exact) mass is 426 g/mol. The molecule has 0 fully saturated rings. The van der Waals surface area contributed by atoms with Gasteiger partial charge in [0.1, 0.15) is 0 Å². The summed E-state index contributed by atoms with van der Waals surface area (Å²) in [6.45, 7) is 0. The Morgan fingerprint density at radius 2 is 1.12 bits per heavy atom. The largest absolute Gasteiger partial charge is 0.326 e. The molecule has 3 aromatic rings. The van der Waals surface area contributed by atoms with Gasteiger partial charge in [-0.3, -0.25) is 14.4 Å². The summed E-state index contributed by atoms with van der Waals surface area (Å²) in [7, 11) is 0. The van der Waals surface area contributed by atoms with Gasteiger partial charge in [0.15, 0.2) is 5.78 Å². The molecule has 5 heteroatoms. The minimum atomic E-state index is 0.0983. The van der Waals surface area contributed by atoms with Crippen LogP contribution in [0.2, 0.25) is 0 Å². The number of anilines is 2. The molecule has 0 saturated heterocycles. The summed E-state index contributed by atoms with van der Waals surface area (Å²) in [5.41, 5.74) is 6.46. The van der Waals surface area contributed by atoms with Crippen LogP contribution in [0, 0.1) is 0 Å². The zero-order valence-corrected chi connectivity index (χ0v) is 17.9. The first kappa shape index (κ1) is 21.5. The molecule has 32 heavy (non-hydrogen) atoms. The van der Waals surface area contributed by atoms with Gasteiger partial charge in [0.05, 0.1) is 6.42 Å². The van der Waals surface area contributed by atoms with Crippen molar-refractivity contribution < 1.29 is 14.4 Å². The first-order valence-electron chi connectivity index (χ1n) is 11.0. The molecule has 6 rings (SSSR count). The maximum absolute atomic E-state index is 11.3. The minimum Gasteiger partial charge on any atom is -0.326 e. The highest BCUT2D eigenvalue weighted by Crippen LogP contribution is 2.22. The summed E-state index contributed by atoms with van der Waals surface area (Å²) < 4.78 is 0. The average Bonchev–Trinajstić information content (AvgIpc) is 3.20. The molecule has 0 atom stereocenters. The van der Waals surface area contributed by atoms with Gasteiger partial charge in [-0.05, 0) is 48.1 Å². The zero-order chi connectivity index (χ0) is 22.3. The van der Waals surface area contributed by atoms with E-state index in [0.29, 0.717) is 18.6 Å². The first-order valence-corrected chi connectivity index (χ1v) is 11.0. The molecule has 2 heterocycles. The lowest BCUT2D eigenvalue weighted by Gasteiger charge is -2.15. The van der Waals surface area contributed by atoms with Gasteiger partial charge in [-0.1, -0.05) is 60.7 Å². The molecule has 0 spiro atoms. The molecule has 0 saturated carbocycles. The molecule has 5 nitrogen and oxygen atoms in total. The fourth-order valence-corrected chi connectivity index (χ4v) is 4.07. The van der Waals surface area contributed by atoms with Crippen LogP contribution in [-0.2, 0) is 28.9 Å². The smallest absolute Gasteiger partial charge is 0.228 e. The Bertz CT molecular complexity index is 1130. The number of carbonyl (C=O) groups excluding carboxylic acids is 3. The Kier molecular flexibility index (Phi) is 6.75. The van der Waals surface area contributed by atoms with Crippen molar-refractivity contribution in [3.8, 4) is 0 Å². The summed E-state index contributed by atoms with van der Waals surface area (Å²) in [6, 6.07) is 23.6. The maximum atomic E-state index is 11.3. The summed E-state index contributed by atoms with van der Waals surface area (Å²) in [5.74, 6) is 0.539. The summed E-state index contributed by atoms with van der Waals surface area (Å²) >= 11 is 0. The van der Waals surface area contributed by atoms with Crippen molar-refractivity contribution >= 4 is 29.0 Å². The quantitative estimate of drug-likeness (QED) is 0.534. The number of amides is 2. The van der Waals surface area contributed by atoms with Gasteiger partial charge in [0.2, 0.25) is 11.8 Å². The molecule has 3 aliphatic rings. The predicted molar refractivity (Wildman–Crippen MR) is 126 cm³/mol. The van der Waals surface area contributed by atoms with Crippen molar-refractivity contribution in [3.05, 3.63) is 95.1 Å². The number of para-hydroxylation sites is 2. The van der Waals surface area contributed by atoms with Crippen LogP contribution in [-0.4, -0.2) is 17.6 Å². The van der Waals surface area contributed by atoms with Gasteiger partial charge in [0.25, 0.3) is 0 Å². The Balaban J connectivity index is 0.000000115. The summed E-state index contributed by atoms with van der Waals surface area (Å²) in [6.07, 6.45) is 4.87. The van der Waals surface area contributed by atoms with E-state index in [1.807, 2.05) is 66.7 Å². The van der Waals surface area contributed by atoms with Crippen molar-refractivity contribution in [2.45, 2.75) is 38.5 Å². The van der Waals surface area contributed by atoms with Crippen LogP contribution in [0.1, 0.15) is 46.3 Å². The van der Waals surface area contributed by atoms with Gasteiger partial charge >= 0.3 is 0 Å². The third-order valence-electron chi connectivity index (χ3n) is 5.72. The number of hydrogen-bond acceptors (Lipinski definition) is 3. The van der Waals surface area contributed by atoms with E-state index in [0.717, 1.165) is 48.2 Å². The van der Waals surface area contributed by atoms with E-state index >= 15 is 0 Å². The van der Waals surface area contributed by atoms with E-state index in [4.69, 9.17) is 0 Å². The van der Waals surface area contributed by atoms with Crippen LogP contribution in [0.3, 0.4) is 0 Å². The molecule has 0 unspecified atom stereocenters. The average molecular weight is 427 g/mol. The number of ketones is 1. The van der Waals surface area contributed by atoms with E-state index in [2.05, 4.69) is 16.7 Å². The molecule has 0 aromatic heterocycles. The number of Topliss-reactive ketones (excluding diaryl/α,β-unsaturated/α-hetero) is 1. The molecule has 0 bridgehead atoms. The molecular formula is C27H26N2O3. The molecule has 2 aliphatic heterocycles. The minimum absolute atomic E-state index is 0.0983. The normalized spacial score (nSPS) is 15.4. The fraction of sp³-hybridized carbons (Fsp3) is 0.222. The second-order valence-electron chi connectivity index (χ2n) is 8.02. The highest BCUT2D eigenvalue weighted by Gasteiger charge is 2.16. The van der Waals surface area contributed by atoms with E-state index < -0.39 is 0 Å². The maximum Gasteiger partial charge on any atom is 0.228 e. The number of hydrogen-bond donors (Lipinski definition) is 2. The molecule has 2 N–H and O–H groups in total. The fourth-order valence-electron chi connectivity index (χ4n) is 4.07. The van der Waals surface area contributed by atoms with E-state index in [9.17, 15) is 14.4 Å². The van der Waals surface area contributed by atoms with E-state index in [1.54, 1.807) is 0 Å². The standard InChI is InChI=1S/C10H10O.C9H9NO.C8H7NO/c11-10-7-3-5-8-4-1-2-6-9(8)10;11-9-6-5-7-3-1-2-4-8(7)10-9;10-8-5-6-3-1-2-4-7(6)9-8/h1-2,4,6H,3,5,7H2;1-4H,5-6H2,(H,10,11);1-4H,5H2,(H,9,10). The van der Waals surface area contributed by atoms with E-state index in [1.165, 1.54) is 11.1 Å². The van der Waals surface area contributed by atoms with Crippen LogP contribution < -0.4 is 10.6 Å². The molecule has 1 aliphatic carbocycles. The van der Waals surface area contributed by atoms with Crippen LogP contribution in [0.5, 0.6) is 0 Å². The highest BCUT2D eigenvalue weighted by atomic mass is 16.2. The van der Waals surface area contributed by atoms with Gasteiger partial charge in [-0.25, -0.2) is 0 Å². The van der Waals surface area contributed by atoms with Crippen molar-refractivity contribution in [1.82, 2.24) is 0 Å². The SMILES string of the molecule is O=C1CCCc2ccccc21.O=C1CCc2ccccc2N1.O=C1Cc2ccccc2N1. The molecule has 0 radical (unpaired) electrons. The van der Waals surface area contributed by atoms with Crippen molar-refractivity contribution in [1.29, 1.82) is 0 Å². The Morgan fingerprint density at radius 1 is 0.531 bits per heavy atom. The summed E-state index contributed by atoms with van der Waals surface area (Å²) in [5, 5.41) is 5.58. The Hall–Kier alpha value is -3.73. The van der Waals surface area contributed by atoms with Gasteiger partial charge in [0, 0.05) is 29.8 Å². The lowest BCUT2D eigenvalue weighted by atomic mass is 9.91. The second-order valence-corrected chi connectivity index (χ2v) is 8.02. The van der Waals surface area contributed by atoms with Crippen LogP contribution in [0.4, 0.5) is 11.4 Å². The third-order valence-corrected chi connectivity index (χ3v) is 5.72. The van der Waals surface area contributed by atoms with Crippen molar-refractivity contribution in [2.24, 2.45) is 0 Å². The summed E-state index contributed by atoms with van der Waals surface area (Å²) in [4.78, 5) is 33.0. The second kappa shape index (κ2) is 10.1. The first-order chi connectivity index (χ1) is 15.6. The van der Waals surface area contributed by atoms with Crippen molar-refractivity contribution in [3.63, 3.8) is 0 Å². The van der Waals surface area contributed by atoms with E-state index in [-0.39, 0.29) is 11.8 Å². The molecule has 3 aromatic carbocycles. The van der Waals surface area contributed by atoms with Gasteiger partial charge in [-0.15, -0.1) is 0 Å². The Morgan fingerprint density at radius 3 is 1.84 bits per heavy atom. The molecule has 2 amide bonds. The number of aryl methyl sites for hydroxylation is 2. The van der Waals surface area contributed by atoms with Crippen LogP contribution in [0.25, 0.3) is 0 Å². The number of carbonyl (C=O) groups is 3.